The Hall–Kier alpha value is -2.34. The van der Waals surface area contributed by atoms with Crippen LogP contribution in [0.15, 0.2) is 52.5 Å². The van der Waals surface area contributed by atoms with Gasteiger partial charge in [-0.1, -0.05) is 36.4 Å². The second-order valence-corrected chi connectivity index (χ2v) is 7.70. The topological polar surface area (TPSA) is 68.3 Å². The number of nitrogens with one attached hydrogen (secondary N) is 1. The molecule has 0 bridgehead atoms. The predicted molar refractivity (Wildman–Crippen MR) is 102 cm³/mol. The number of carbonyl (C=O) groups excluding carboxylic acids is 2. The first-order chi connectivity index (χ1) is 12.3. The highest BCUT2D eigenvalue weighted by atomic mass is 32.2. The molecule has 0 aliphatic heterocycles. The van der Waals surface area contributed by atoms with E-state index >= 15 is 0 Å². The predicted octanol–water partition coefficient (Wildman–Crippen LogP) is 4.00. The van der Waals surface area contributed by atoms with Gasteiger partial charge < -0.3 is 10.1 Å². The molecule has 0 aliphatic rings. The Bertz CT molecular complexity index is 773. The minimum atomic E-state index is -0.558. The maximum atomic E-state index is 12.4. The Morgan fingerprint density at radius 2 is 1.88 bits per heavy atom. The lowest BCUT2D eigenvalue weighted by Gasteiger charge is -2.24. The van der Waals surface area contributed by atoms with Gasteiger partial charge in [0.05, 0.1) is 5.56 Å². The van der Waals surface area contributed by atoms with Crippen molar-refractivity contribution in [2.45, 2.75) is 49.6 Å². The third-order valence-corrected chi connectivity index (χ3v) is 4.95. The molecule has 2 aromatic rings. The molecule has 2 rings (SSSR count). The fourth-order valence-corrected chi connectivity index (χ4v) is 2.93. The minimum Gasteiger partial charge on any atom is -0.452 e. The van der Waals surface area contributed by atoms with Gasteiger partial charge in [0, 0.05) is 16.6 Å². The van der Waals surface area contributed by atoms with Crippen molar-refractivity contribution in [3.05, 3.63) is 53.7 Å². The fourth-order valence-electron chi connectivity index (χ4n) is 2.06. The maximum Gasteiger partial charge on any atom is 0.341 e. The van der Waals surface area contributed by atoms with E-state index in [0.29, 0.717) is 10.6 Å². The summed E-state index contributed by atoms with van der Waals surface area (Å²) in [5.41, 5.74) is 1.18. The van der Waals surface area contributed by atoms with Crippen LogP contribution in [0.3, 0.4) is 0 Å². The number of hydrogen-bond donors (Lipinski definition) is 1. The molecule has 1 heterocycles. The molecule has 0 atom stereocenters. The Kier molecular flexibility index (Phi) is 6.80. The lowest BCUT2D eigenvalue weighted by Crippen LogP contribution is -2.44. The normalized spacial score (nSPS) is 11.1. The molecule has 1 amide bonds. The van der Waals surface area contributed by atoms with Gasteiger partial charge >= 0.3 is 5.97 Å². The van der Waals surface area contributed by atoms with Crippen molar-refractivity contribution in [1.29, 1.82) is 0 Å². The molecule has 0 saturated carbocycles. The lowest BCUT2D eigenvalue weighted by molar-refractivity contribution is -0.125. The van der Waals surface area contributed by atoms with Gasteiger partial charge in [0.25, 0.3) is 5.91 Å². The van der Waals surface area contributed by atoms with Crippen molar-refractivity contribution in [2.24, 2.45) is 0 Å². The first-order valence-electron chi connectivity index (χ1n) is 8.48. The molecule has 6 heteroatoms. The summed E-state index contributed by atoms with van der Waals surface area (Å²) < 4.78 is 5.17. The second-order valence-electron chi connectivity index (χ2n) is 6.63. The minimum absolute atomic E-state index is 0.314. The molecule has 0 saturated heterocycles. The molecule has 1 N–H and O–H groups in total. The number of esters is 1. The highest BCUT2D eigenvalue weighted by Crippen LogP contribution is 2.29. The van der Waals surface area contributed by atoms with Crippen LogP contribution in [0.2, 0.25) is 0 Å². The number of carbonyl (C=O) groups is 2. The number of pyridine rings is 1. The number of ether oxygens (including phenoxy) is 1. The Morgan fingerprint density at radius 1 is 1.19 bits per heavy atom. The monoisotopic (exact) mass is 372 g/mol. The van der Waals surface area contributed by atoms with Crippen molar-refractivity contribution < 1.29 is 14.3 Å². The van der Waals surface area contributed by atoms with Crippen molar-refractivity contribution in [1.82, 2.24) is 10.3 Å². The van der Waals surface area contributed by atoms with Crippen LogP contribution in [0.25, 0.3) is 0 Å². The Labute approximate surface area is 158 Å². The number of benzene rings is 1. The maximum absolute atomic E-state index is 12.4. The molecule has 0 unspecified atom stereocenters. The molecule has 5 nitrogen and oxygen atoms in total. The quantitative estimate of drug-likeness (QED) is 0.744. The van der Waals surface area contributed by atoms with E-state index in [1.807, 2.05) is 52.0 Å². The van der Waals surface area contributed by atoms with Crippen molar-refractivity contribution in [3.8, 4) is 0 Å². The van der Waals surface area contributed by atoms with Crippen LogP contribution in [0.5, 0.6) is 0 Å². The van der Waals surface area contributed by atoms with Crippen LogP contribution in [-0.2, 0) is 9.53 Å². The Balaban J connectivity index is 2.03. The van der Waals surface area contributed by atoms with Crippen LogP contribution >= 0.6 is 11.8 Å². The molecule has 1 aromatic carbocycles. The van der Waals surface area contributed by atoms with Gasteiger partial charge in [0.1, 0.15) is 5.03 Å². The summed E-state index contributed by atoms with van der Waals surface area (Å²) in [5.74, 6) is -0.876. The van der Waals surface area contributed by atoms with Crippen molar-refractivity contribution in [3.63, 3.8) is 0 Å². The summed E-state index contributed by atoms with van der Waals surface area (Å²) in [6, 6.07) is 11.3. The van der Waals surface area contributed by atoms with Gasteiger partial charge in [0.15, 0.2) is 6.61 Å². The standard InChI is InChI=1S/C20H24N2O3S/c1-5-20(3,4)22-17(23)13-25-19(24)16-7-6-12-21-18(16)26-15-10-8-14(2)9-11-15/h6-12H,5,13H2,1-4H3,(H,22,23). The molecule has 0 aliphatic carbocycles. The smallest absolute Gasteiger partial charge is 0.341 e. The average Bonchev–Trinajstić information content (AvgIpc) is 2.62. The summed E-state index contributed by atoms with van der Waals surface area (Å²) in [4.78, 5) is 29.6. The van der Waals surface area contributed by atoms with Gasteiger partial charge in [-0.15, -0.1) is 0 Å². The zero-order valence-corrected chi connectivity index (χ0v) is 16.4. The van der Waals surface area contributed by atoms with E-state index in [1.54, 1.807) is 18.3 Å². The SMILES string of the molecule is CCC(C)(C)NC(=O)COC(=O)c1cccnc1Sc1ccc(C)cc1. The van der Waals surface area contributed by atoms with E-state index in [4.69, 9.17) is 4.74 Å². The Morgan fingerprint density at radius 3 is 2.54 bits per heavy atom. The fraction of sp³-hybridized carbons (Fsp3) is 0.350. The highest BCUT2D eigenvalue weighted by molar-refractivity contribution is 7.99. The molecule has 1 aromatic heterocycles. The molecule has 138 valence electrons. The number of hydrogen-bond acceptors (Lipinski definition) is 5. The first kappa shape index (κ1) is 20.0. The number of rotatable bonds is 7. The van der Waals surface area contributed by atoms with E-state index in [0.717, 1.165) is 16.9 Å². The van der Waals surface area contributed by atoms with Crippen LogP contribution in [0, 0.1) is 6.92 Å². The highest BCUT2D eigenvalue weighted by Gasteiger charge is 2.20. The average molecular weight is 372 g/mol. The van der Waals surface area contributed by atoms with E-state index in [9.17, 15) is 9.59 Å². The largest absolute Gasteiger partial charge is 0.452 e. The molecule has 26 heavy (non-hydrogen) atoms. The zero-order chi connectivity index (χ0) is 19.2. The van der Waals surface area contributed by atoms with E-state index in [1.165, 1.54) is 11.8 Å². The van der Waals surface area contributed by atoms with Crippen LogP contribution < -0.4 is 5.32 Å². The summed E-state index contributed by atoms with van der Waals surface area (Å²) in [7, 11) is 0. The van der Waals surface area contributed by atoms with E-state index in [2.05, 4.69) is 10.3 Å². The van der Waals surface area contributed by atoms with Gasteiger partial charge in [-0.25, -0.2) is 9.78 Å². The molecule has 0 spiro atoms. The van der Waals surface area contributed by atoms with Crippen LogP contribution in [-0.4, -0.2) is 29.0 Å². The first-order valence-corrected chi connectivity index (χ1v) is 9.30. The lowest BCUT2D eigenvalue weighted by atomic mass is 10.0. The van der Waals surface area contributed by atoms with Crippen LogP contribution in [0.4, 0.5) is 0 Å². The summed E-state index contributed by atoms with van der Waals surface area (Å²) >= 11 is 1.39. The van der Waals surface area contributed by atoms with Gasteiger partial charge in [0.2, 0.25) is 0 Å². The van der Waals surface area contributed by atoms with Gasteiger partial charge in [-0.05, 0) is 51.5 Å². The number of amides is 1. The van der Waals surface area contributed by atoms with Crippen LogP contribution in [0.1, 0.15) is 43.1 Å². The third-order valence-electron chi connectivity index (χ3n) is 3.92. The summed E-state index contributed by atoms with van der Waals surface area (Å²) in [6.07, 6.45) is 2.41. The third kappa shape index (κ3) is 5.88. The van der Waals surface area contributed by atoms with E-state index < -0.39 is 5.97 Å². The number of nitrogens with zero attached hydrogens (tertiary/aromatic N) is 1. The second kappa shape index (κ2) is 8.85. The molecular weight excluding hydrogens is 348 g/mol. The summed E-state index contributed by atoms with van der Waals surface area (Å²) in [6.45, 7) is 7.53. The van der Waals surface area contributed by atoms with Crippen molar-refractivity contribution in [2.75, 3.05) is 6.61 Å². The van der Waals surface area contributed by atoms with Gasteiger partial charge in [-0.3, -0.25) is 4.79 Å². The molecular formula is C20H24N2O3S. The summed E-state index contributed by atoms with van der Waals surface area (Å²) in [5, 5.41) is 3.39. The molecule has 0 fully saturated rings. The molecule has 0 radical (unpaired) electrons. The zero-order valence-electron chi connectivity index (χ0n) is 15.5. The number of aryl methyl sites for hydroxylation is 1. The van der Waals surface area contributed by atoms with E-state index in [-0.39, 0.29) is 18.1 Å². The van der Waals surface area contributed by atoms with Gasteiger partial charge in [-0.2, -0.15) is 0 Å². The number of aromatic nitrogens is 1. The van der Waals surface area contributed by atoms with Crippen molar-refractivity contribution >= 4 is 23.6 Å².